The summed E-state index contributed by atoms with van der Waals surface area (Å²) in [5.41, 5.74) is 1.95. The molecular weight excluding hydrogens is 427 g/mol. The summed E-state index contributed by atoms with van der Waals surface area (Å²) in [5.74, 6) is -0.116. The minimum absolute atomic E-state index is 0.100. The van der Waals surface area contributed by atoms with Gasteiger partial charge in [-0.05, 0) is 87.1 Å². The Morgan fingerprint density at radius 2 is 1.74 bits per heavy atom. The van der Waals surface area contributed by atoms with Crippen LogP contribution in [-0.2, 0) is 11.2 Å². The molecule has 2 atom stereocenters. The lowest BCUT2D eigenvalue weighted by atomic mass is 9.74. The van der Waals surface area contributed by atoms with Crippen molar-refractivity contribution in [3.05, 3.63) is 71.5 Å². The van der Waals surface area contributed by atoms with Crippen molar-refractivity contribution in [3.63, 3.8) is 0 Å². The number of nitrogens with zero attached hydrogens (tertiary/aromatic N) is 1. The predicted molar refractivity (Wildman–Crippen MR) is 132 cm³/mol. The largest absolute Gasteiger partial charge is 0.481 e. The standard InChI is InChI=1S/C29H37FN2O2/c30-25-11-5-4-9-23(25)10-6-12-28(20-31-26-19-24(26)22-7-2-1-3-8-22)15-17-32(18-16-28)21-29(13-14-29)27(33)34/h1-5,7-9,11,24,26,31H,6,10,12-21H2,(H,33,34)/t24?,26-/m1/s1. The molecule has 2 saturated carbocycles. The Labute approximate surface area is 202 Å². The highest BCUT2D eigenvalue weighted by molar-refractivity contribution is 5.78. The lowest BCUT2D eigenvalue weighted by molar-refractivity contribution is -0.144. The van der Waals surface area contributed by atoms with Crippen molar-refractivity contribution in [2.45, 2.75) is 63.3 Å². The van der Waals surface area contributed by atoms with Gasteiger partial charge < -0.3 is 15.3 Å². The summed E-state index contributed by atoms with van der Waals surface area (Å²) in [7, 11) is 0. The maximum Gasteiger partial charge on any atom is 0.310 e. The van der Waals surface area contributed by atoms with Gasteiger partial charge in [-0.15, -0.1) is 0 Å². The Morgan fingerprint density at radius 1 is 1.03 bits per heavy atom. The highest BCUT2D eigenvalue weighted by atomic mass is 19.1. The maximum absolute atomic E-state index is 14.1. The topological polar surface area (TPSA) is 52.6 Å². The van der Waals surface area contributed by atoms with Crippen LogP contribution in [0.3, 0.4) is 0 Å². The summed E-state index contributed by atoms with van der Waals surface area (Å²) >= 11 is 0. The number of carbonyl (C=O) groups is 1. The van der Waals surface area contributed by atoms with Gasteiger partial charge in [0.1, 0.15) is 5.82 Å². The number of aliphatic carboxylic acids is 1. The highest BCUT2D eigenvalue weighted by Crippen LogP contribution is 2.48. The molecule has 0 amide bonds. The van der Waals surface area contributed by atoms with Gasteiger partial charge in [0.25, 0.3) is 0 Å². The molecule has 0 radical (unpaired) electrons. The van der Waals surface area contributed by atoms with Crippen LogP contribution < -0.4 is 5.32 Å². The number of hydrogen-bond acceptors (Lipinski definition) is 3. The van der Waals surface area contributed by atoms with Crippen LogP contribution in [0.4, 0.5) is 4.39 Å². The third-order valence-corrected chi connectivity index (χ3v) is 8.62. The number of aryl methyl sites for hydroxylation is 1. The van der Waals surface area contributed by atoms with Crippen LogP contribution in [0.2, 0.25) is 0 Å². The van der Waals surface area contributed by atoms with Gasteiger partial charge in [-0.2, -0.15) is 0 Å². The van der Waals surface area contributed by atoms with E-state index in [9.17, 15) is 14.3 Å². The normalized spacial score (nSPS) is 25.1. The molecular formula is C29H37FN2O2. The summed E-state index contributed by atoms with van der Waals surface area (Å²) in [6.45, 7) is 3.61. The number of benzene rings is 2. The average molecular weight is 465 g/mol. The number of nitrogens with one attached hydrogen (secondary N) is 1. The fourth-order valence-corrected chi connectivity index (χ4v) is 5.91. The molecule has 1 unspecified atom stereocenters. The van der Waals surface area contributed by atoms with Crippen LogP contribution in [0.25, 0.3) is 0 Å². The smallest absolute Gasteiger partial charge is 0.310 e. The van der Waals surface area contributed by atoms with E-state index in [-0.39, 0.29) is 11.2 Å². The lowest BCUT2D eigenvalue weighted by Crippen LogP contribution is -2.47. The molecule has 0 spiro atoms. The van der Waals surface area contributed by atoms with E-state index in [0.717, 1.165) is 70.1 Å². The van der Waals surface area contributed by atoms with Crippen molar-refractivity contribution < 1.29 is 14.3 Å². The van der Waals surface area contributed by atoms with Crippen LogP contribution >= 0.6 is 0 Å². The summed E-state index contributed by atoms with van der Waals surface area (Å²) in [6, 6.07) is 18.4. The molecule has 2 aliphatic carbocycles. The predicted octanol–water partition coefficient (Wildman–Crippen LogP) is 5.24. The Morgan fingerprint density at radius 3 is 2.41 bits per heavy atom. The molecule has 1 aliphatic heterocycles. The summed E-state index contributed by atoms with van der Waals surface area (Å²) in [4.78, 5) is 14.0. The average Bonchev–Trinajstić information content (AvgIpc) is 3.77. The molecule has 34 heavy (non-hydrogen) atoms. The van der Waals surface area contributed by atoms with Crippen LogP contribution in [0.1, 0.15) is 62.0 Å². The van der Waals surface area contributed by atoms with Gasteiger partial charge in [0.15, 0.2) is 0 Å². The molecule has 1 heterocycles. The second kappa shape index (κ2) is 9.79. The SMILES string of the molecule is O=C(O)C1(CN2CCC(CCCc3ccccc3F)(CN[C@@H]3CC3c3ccccc3)CC2)CC1. The molecule has 0 bridgehead atoms. The van der Waals surface area contributed by atoms with Gasteiger partial charge in [0.2, 0.25) is 0 Å². The molecule has 2 aromatic carbocycles. The monoisotopic (exact) mass is 464 g/mol. The molecule has 5 rings (SSSR count). The minimum Gasteiger partial charge on any atom is -0.481 e. The first kappa shape index (κ1) is 23.5. The highest BCUT2D eigenvalue weighted by Gasteiger charge is 2.52. The number of carboxylic acids is 1. The van der Waals surface area contributed by atoms with Gasteiger partial charge >= 0.3 is 5.97 Å². The minimum atomic E-state index is -0.628. The fraction of sp³-hybridized carbons (Fsp3) is 0.552. The van der Waals surface area contributed by atoms with Crippen molar-refractivity contribution in [2.24, 2.45) is 10.8 Å². The van der Waals surface area contributed by atoms with Gasteiger partial charge in [0, 0.05) is 25.0 Å². The van der Waals surface area contributed by atoms with Gasteiger partial charge in [0.05, 0.1) is 5.41 Å². The Balaban J connectivity index is 1.18. The van der Waals surface area contributed by atoms with Gasteiger partial charge in [-0.25, -0.2) is 4.39 Å². The Hall–Kier alpha value is -2.24. The van der Waals surface area contributed by atoms with E-state index in [0.29, 0.717) is 18.5 Å². The van der Waals surface area contributed by atoms with E-state index in [2.05, 4.69) is 40.5 Å². The maximum atomic E-state index is 14.1. The zero-order chi connectivity index (χ0) is 23.6. The quantitative estimate of drug-likeness (QED) is 0.477. The molecule has 2 N–H and O–H groups in total. The number of likely N-dealkylation sites (tertiary alicyclic amines) is 1. The second-order valence-corrected chi connectivity index (χ2v) is 11.0. The van der Waals surface area contributed by atoms with Crippen molar-refractivity contribution in [1.29, 1.82) is 0 Å². The molecule has 182 valence electrons. The third-order valence-electron chi connectivity index (χ3n) is 8.62. The first-order valence-corrected chi connectivity index (χ1v) is 13.0. The van der Waals surface area contributed by atoms with Crippen molar-refractivity contribution in [1.82, 2.24) is 10.2 Å². The Bertz CT molecular complexity index is 983. The van der Waals surface area contributed by atoms with E-state index in [4.69, 9.17) is 0 Å². The van der Waals surface area contributed by atoms with Gasteiger partial charge in [-0.1, -0.05) is 48.5 Å². The molecule has 4 nitrogen and oxygen atoms in total. The number of rotatable bonds is 11. The van der Waals surface area contributed by atoms with Gasteiger partial charge in [-0.3, -0.25) is 4.79 Å². The lowest BCUT2D eigenvalue weighted by Gasteiger charge is -2.43. The Kier molecular flexibility index (Phi) is 6.76. The summed E-state index contributed by atoms with van der Waals surface area (Å²) in [6.07, 6.45) is 7.82. The van der Waals surface area contributed by atoms with Crippen LogP contribution in [0.5, 0.6) is 0 Å². The van der Waals surface area contributed by atoms with E-state index >= 15 is 0 Å². The molecule has 0 aromatic heterocycles. The zero-order valence-corrected chi connectivity index (χ0v) is 20.0. The number of carboxylic acid groups (broad SMARTS) is 1. The zero-order valence-electron chi connectivity index (χ0n) is 20.0. The first-order valence-electron chi connectivity index (χ1n) is 13.0. The first-order chi connectivity index (χ1) is 16.5. The summed E-state index contributed by atoms with van der Waals surface area (Å²) in [5, 5.41) is 13.5. The fourth-order valence-electron chi connectivity index (χ4n) is 5.91. The molecule has 3 aliphatic rings. The third kappa shape index (κ3) is 5.36. The van der Waals surface area contributed by atoms with Crippen LogP contribution in [-0.4, -0.2) is 48.2 Å². The van der Waals surface area contributed by atoms with Crippen molar-refractivity contribution >= 4 is 5.97 Å². The second-order valence-electron chi connectivity index (χ2n) is 11.0. The molecule has 1 saturated heterocycles. The van der Waals surface area contributed by atoms with E-state index < -0.39 is 11.4 Å². The number of hydrogen-bond donors (Lipinski definition) is 2. The molecule has 3 fully saturated rings. The number of halogens is 1. The summed E-state index contributed by atoms with van der Waals surface area (Å²) < 4.78 is 14.1. The van der Waals surface area contributed by atoms with E-state index in [1.165, 1.54) is 12.0 Å². The van der Waals surface area contributed by atoms with E-state index in [1.807, 2.05) is 12.1 Å². The van der Waals surface area contributed by atoms with E-state index in [1.54, 1.807) is 12.1 Å². The molecule has 2 aromatic rings. The van der Waals surface area contributed by atoms with Crippen molar-refractivity contribution in [2.75, 3.05) is 26.2 Å². The van der Waals surface area contributed by atoms with Crippen LogP contribution in [0, 0.1) is 16.6 Å². The van der Waals surface area contributed by atoms with Crippen LogP contribution in [0.15, 0.2) is 54.6 Å². The van der Waals surface area contributed by atoms with Crippen molar-refractivity contribution in [3.8, 4) is 0 Å². The number of piperidine rings is 1. The molecule has 5 heteroatoms.